The number of para-hydroxylation sites is 3. The van der Waals surface area contributed by atoms with Crippen LogP contribution >= 0.6 is 34.0 Å². The predicted molar refractivity (Wildman–Crippen MR) is 454 cm³/mol. The molecule has 0 aliphatic heterocycles. The summed E-state index contributed by atoms with van der Waals surface area (Å²) in [5.41, 5.74) is 23.1. The first-order valence-corrected chi connectivity index (χ1v) is 38.4. The van der Waals surface area contributed by atoms with Crippen LogP contribution in [0.1, 0.15) is 0 Å². The molecule has 23 aromatic rings. The molecule has 0 aliphatic carbocycles. The Bertz CT molecular complexity index is 7660. The summed E-state index contributed by atoms with van der Waals surface area (Å²) in [7, 11) is 0. The molecule has 106 heavy (non-hydrogen) atoms. The van der Waals surface area contributed by atoms with E-state index in [4.69, 9.17) is 9.97 Å². The molecule has 0 spiro atoms. The lowest BCUT2D eigenvalue weighted by Gasteiger charge is -2.15. The Morgan fingerprint density at radius 3 is 0.953 bits per heavy atom. The molecule has 8 heteroatoms. The minimum Gasteiger partial charge on any atom is -0.309 e. The monoisotopic (exact) mass is 1400 g/mol. The lowest BCUT2D eigenvalue weighted by molar-refractivity contribution is 1.17. The minimum absolute atomic E-state index is 0.652. The van der Waals surface area contributed by atoms with Gasteiger partial charge in [0.2, 0.25) is 0 Å². The summed E-state index contributed by atoms with van der Waals surface area (Å²) in [6.07, 6.45) is 0. The fraction of sp³-hybridized carbons (Fsp3) is 0. The highest BCUT2D eigenvalue weighted by atomic mass is 32.1. The van der Waals surface area contributed by atoms with Gasteiger partial charge in [-0.2, -0.15) is 0 Å². The number of benzene rings is 16. The van der Waals surface area contributed by atoms with Crippen LogP contribution in [0.3, 0.4) is 0 Å². The van der Waals surface area contributed by atoms with Gasteiger partial charge in [0.1, 0.15) is 0 Å². The summed E-state index contributed by atoms with van der Waals surface area (Å²) in [6.45, 7) is 0. The summed E-state index contributed by atoms with van der Waals surface area (Å²) in [4.78, 5) is 11.3. The van der Waals surface area contributed by atoms with Gasteiger partial charge in [0, 0.05) is 126 Å². The topological polar surface area (TPSA) is 40.6 Å². The zero-order valence-corrected chi connectivity index (χ0v) is 59.3. The van der Waals surface area contributed by atoms with Crippen molar-refractivity contribution in [2.45, 2.75) is 0 Å². The van der Waals surface area contributed by atoms with Crippen LogP contribution in [-0.4, -0.2) is 23.7 Å². The van der Waals surface area contributed by atoms with Gasteiger partial charge in [-0.1, -0.05) is 224 Å². The Morgan fingerprint density at radius 2 is 0.500 bits per heavy atom. The number of rotatable bonds is 9. The van der Waals surface area contributed by atoms with E-state index in [0.29, 0.717) is 5.82 Å². The molecular weight excluding hydrogens is 1340 g/mol. The molecule has 7 aromatic heterocycles. The molecule has 0 amide bonds. The third kappa shape index (κ3) is 9.25. The van der Waals surface area contributed by atoms with E-state index in [2.05, 4.69) is 359 Å². The van der Waals surface area contributed by atoms with Crippen LogP contribution in [-0.2, 0) is 0 Å². The Hall–Kier alpha value is -13.1. The first-order chi connectivity index (χ1) is 52.5. The average molecular weight is 1400 g/mol. The van der Waals surface area contributed by atoms with E-state index in [1.807, 2.05) is 34.0 Å². The van der Waals surface area contributed by atoms with Gasteiger partial charge in [0.25, 0.3) is 0 Å². The largest absolute Gasteiger partial charge is 0.309 e. The van der Waals surface area contributed by atoms with E-state index in [0.717, 1.165) is 89.0 Å². The van der Waals surface area contributed by atoms with E-state index in [1.165, 1.54) is 126 Å². The van der Waals surface area contributed by atoms with Crippen molar-refractivity contribution >= 4 is 171 Å². The van der Waals surface area contributed by atoms with Crippen LogP contribution in [0.2, 0.25) is 0 Å². The van der Waals surface area contributed by atoms with Crippen molar-refractivity contribution in [3.63, 3.8) is 0 Å². The maximum Gasteiger partial charge on any atom is 0.160 e. The molecule has 492 valence electrons. The Kier molecular flexibility index (Phi) is 13.0. The third-order valence-electron chi connectivity index (χ3n) is 22.1. The highest BCUT2D eigenvalue weighted by molar-refractivity contribution is 7.26. The summed E-state index contributed by atoms with van der Waals surface area (Å²) >= 11 is 5.58. The summed E-state index contributed by atoms with van der Waals surface area (Å²) in [5.74, 6) is 0.652. The summed E-state index contributed by atoms with van der Waals surface area (Å²) in [6, 6.07) is 128. The first-order valence-electron chi connectivity index (χ1n) is 36.0. The van der Waals surface area contributed by atoms with Crippen molar-refractivity contribution in [1.29, 1.82) is 0 Å². The smallest absolute Gasteiger partial charge is 0.160 e. The maximum atomic E-state index is 5.75. The van der Waals surface area contributed by atoms with Gasteiger partial charge in [-0.25, -0.2) is 9.97 Å². The van der Waals surface area contributed by atoms with E-state index in [1.54, 1.807) is 0 Å². The lowest BCUT2D eigenvalue weighted by atomic mass is 9.99. The van der Waals surface area contributed by atoms with Gasteiger partial charge >= 0.3 is 0 Å². The van der Waals surface area contributed by atoms with Crippen molar-refractivity contribution in [2.24, 2.45) is 0 Å². The minimum atomic E-state index is 0.652. The Labute approximate surface area is 619 Å². The molecule has 0 N–H and O–H groups in total. The molecule has 7 heterocycles. The summed E-state index contributed by atoms with van der Waals surface area (Å²) < 4.78 is 15.1. The molecule has 0 atom stereocenters. The number of hydrogen-bond donors (Lipinski definition) is 0. The number of thiophene rings is 3. The standard InChI is InChI=1S/C98H57N5S3/c1-7-25-85-71(19-1)74-42-33-61(64-36-45-80-77-22-4-10-28-91(77)104-94(80)55-64)52-88(74)101(85)68-40-31-58(32-41-68)97-83-51-60(59-15-13-17-69(49-59)102-86-26-8-2-20-72(86)75-43-34-62(53-89(75)102)65-37-46-81-78-23-5-11-29-92(78)105-95(81)56-65)39-48-84(83)99-98(100-97)67-16-14-18-70(50-67)103-87-27-9-3-21-73(87)76-44-35-63(54-90(76)103)66-38-47-82-79-24-6-12-30-93(79)106-96(82)57-66/h1-57H. The van der Waals surface area contributed by atoms with E-state index < -0.39 is 0 Å². The second kappa shape index (κ2) is 23.2. The highest BCUT2D eigenvalue weighted by Gasteiger charge is 2.22. The molecule has 0 aliphatic rings. The molecule has 0 fully saturated rings. The van der Waals surface area contributed by atoms with Crippen LogP contribution in [0.15, 0.2) is 346 Å². The maximum absolute atomic E-state index is 5.75. The van der Waals surface area contributed by atoms with Gasteiger partial charge in [-0.15, -0.1) is 34.0 Å². The number of fused-ring (bicyclic) bond motifs is 19. The van der Waals surface area contributed by atoms with Crippen LogP contribution in [0.4, 0.5) is 0 Å². The lowest BCUT2D eigenvalue weighted by Crippen LogP contribution is -1.99. The molecule has 0 saturated heterocycles. The Balaban J connectivity index is 0.668. The SMILES string of the molecule is c1cc(-c2ccc3nc(-c4cccc(-n5c6ccccc6c6ccc(-c7ccc8c(c7)sc7ccccc78)cc65)c4)nc(-c4ccc(-n5c6ccccc6c6ccc(-c7ccc8c(c7)sc7ccccc78)cc65)cc4)c3c2)cc(-n2c3ccccc3c3ccc(-c4ccc5c(c4)sc4ccccc45)cc32)c1. The second-order valence-corrected chi connectivity index (χ2v) is 31.2. The van der Waals surface area contributed by atoms with Gasteiger partial charge in [-0.3, -0.25) is 0 Å². The second-order valence-electron chi connectivity index (χ2n) is 28.0. The van der Waals surface area contributed by atoms with Crippen molar-refractivity contribution in [3.8, 4) is 84.2 Å². The van der Waals surface area contributed by atoms with Crippen molar-refractivity contribution < 1.29 is 0 Å². The normalized spacial score (nSPS) is 12.2. The van der Waals surface area contributed by atoms with Gasteiger partial charge in [0.15, 0.2) is 5.82 Å². The third-order valence-corrected chi connectivity index (χ3v) is 25.5. The van der Waals surface area contributed by atoms with Gasteiger partial charge in [0.05, 0.1) is 44.3 Å². The quantitative estimate of drug-likeness (QED) is 0.144. The first kappa shape index (κ1) is 59.4. The van der Waals surface area contributed by atoms with Crippen LogP contribution in [0.5, 0.6) is 0 Å². The van der Waals surface area contributed by atoms with E-state index >= 15 is 0 Å². The average Bonchev–Trinajstić information content (AvgIpc) is 1.50. The predicted octanol–water partition coefficient (Wildman–Crippen LogP) is 28.0. The van der Waals surface area contributed by atoms with Gasteiger partial charge < -0.3 is 13.7 Å². The zero-order valence-electron chi connectivity index (χ0n) is 56.9. The van der Waals surface area contributed by atoms with Crippen LogP contribution in [0, 0.1) is 0 Å². The number of hydrogen-bond acceptors (Lipinski definition) is 5. The van der Waals surface area contributed by atoms with Crippen molar-refractivity contribution in [2.75, 3.05) is 0 Å². The number of aromatic nitrogens is 5. The van der Waals surface area contributed by atoms with Gasteiger partial charge in [-0.05, 0) is 166 Å². The Morgan fingerprint density at radius 1 is 0.179 bits per heavy atom. The van der Waals surface area contributed by atoms with Crippen molar-refractivity contribution in [3.05, 3.63) is 346 Å². The zero-order chi connectivity index (χ0) is 69.2. The molecule has 0 saturated carbocycles. The highest BCUT2D eigenvalue weighted by Crippen LogP contribution is 2.45. The molecule has 16 aromatic carbocycles. The fourth-order valence-electron chi connectivity index (χ4n) is 17.0. The van der Waals surface area contributed by atoms with Crippen LogP contribution in [0.25, 0.3) is 221 Å². The summed E-state index contributed by atoms with van der Waals surface area (Å²) in [5, 5.41) is 16.1. The van der Waals surface area contributed by atoms with Crippen molar-refractivity contribution in [1.82, 2.24) is 23.7 Å². The molecule has 0 radical (unpaired) electrons. The molecule has 0 bridgehead atoms. The van der Waals surface area contributed by atoms with E-state index in [9.17, 15) is 0 Å². The van der Waals surface area contributed by atoms with Crippen LogP contribution < -0.4 is 0 Å². The molecule has 23 rings (SSSR count). The fourth-order valence-corrected chi connectivity index (χ4v) is 20.5. The molecular formula is C98H57N5S3. The molecule has 5 nitrogen and oxygen atoms in total. The number of nitrogens with zero attached hydrogens (tertiary/aromatic N) is 5. The van der Waals surface area contributed by atoms with E-state index in [-0.39, 0.29) is 0 Å². The molecule has 0 unspecified atom stereocenters.